The zero-order valence-corrected chi connectivity index (χ0v) is 19.2. The molecule has 0 radical (unpaired) electrons. The van der Waals surface area contributed by atoms with Gasteiger partial charge < -0.3 is 0 Å². The maximum absolute atomic E-state index is 2.60. The summed E-state index contributed by atoms with van der Waals surface area (Å²) in [5, 5.41) is 0. The van der Waals surface area contributed by atoms with Gasteiger partial charge in [0.05, 0.1) is 0 Å². The Bertz CT molecular complexity index is 838. The highest BCUT2D eigenvalue weighted by Crippen LogP contribution is 2.45. The van der Waals surface area contributed by atoms with Gasteiger partial charge in [-0.3, -0.25) is 0 Å². The molecule has 0 amide bonds. The van der Waals surface area contributed by atoms with Crippen LogP contribution in [0.25, 0.3) is 11.1 Å². The summed E-state index contributed by atoms with van der Waals surface area (Å²) in [6, 6.07) is 18.3. The zero-order valence-electron chi connectivity index (χ0n) is 19.2. The molecule has 2 aliphatic carbocycles. The summed E-state index contributed by atoms with van der Waals surface area (Å²) < 4.78 is 0. The number of hydrogen-bond donors (Lipinski definition) is 0. The lowest BCUT2D eigenvalue weighted by Gasteiger charge is -2.20. The molecule has 0 nitrogen and oxygen atoms in total. The minimum atomic E-state index is 0.600. The van der Waals surface area contributed by atoms with Gasteiger partial charge in [0, 0.05) is 11.8 Å². The molecule has 0 spiro atoms. The van der Waals surface area contributed by atoms with E-state index in [0.29, 0.717) is 17.8 Å². The van der Waals surface area contributed by atoms with Crippen molar-refractivity contribution in [2.45, 2.75) is 84.0 Å². The van der Waals surface area contributed by atoms with Crippen LogP contribution in [0.2, 0.25) is 0 Å². The first kappa shape index (κ1) is 21.2. The van der Waals surface area contributed by atoms with Crippen molar-refractivity contribution in [3.8, 4) is 0 Å². The van der Waals surface area contributed by atoms with E-state index in [1.54, 1.807) is 22.3 Å². The lowest BCUT2D eigenvalue weighted by atomic mass is 9.84. The molecule has 0 aliphatic heterocycles. The monoisotopic (exact) mass is 398 g/mol. The van der Waals surface area contributed by atoms with Crippen molar-refractivity contribution in [2.75, 3.05) is 0 Å². The molecule has 2 aromatic carbocycles. The number of hydrogen-bond acceptors (Lipinski definition) is 0. The molecule has 4 rings (SSSR count). The van der Waals surface area contributed by atoms with E-state index < -0.39 is 0 Å². The van der Waals surface area contributed by atoms with Crippen LogP contribution in [0.15, 0.2) is 60.7 Å². The molecule has 30 heavy (non-hydrogen) atoms. The van der Waals surface area contributed by atoms with Crippen molar-refractivity contribution in [1.29, 1.82) is 0 Å². The summed E-state index contributed by atoms with van der Waals surface area (Å²) in [6.45, 7) is 7.06. The molecule has 0 heteroatoms. The molecule has 0 fully saturated rings. The average molecular weight is 399 g/mol. The molecular formula is C30H38. The molecule has 0 saturated carbocycles. The standard InChI is InChI=1S/C30H38/c1-4-6-12-23-20-25(29-16-10-8-14-27(23)29)18-22(3)19-26-21-24(13-7-5-2)28-15-9-11-17-30(26)28/h8-11,14-17,20-22,25-26H,4-7,12-13,18-19H2,1-3H3. The van der Waals surface area contributed by atoms with Crippen LogP contribution < -0.4 is 0 Å². The minimum absolute atomic E-state index is 0.600. The van der Waals surface area contributed by atoms with E-state index in [1.165, 1.54) is 62.5 Å². The van der Waals surface area contributed by atoms with Crippen LogP contribution >= 0.6 is 0 Å². The first-order chi connectivity index (χ1) is 14.7. The van der Waals surface area contributed by atoms with Gasteiger partial charge in [0.25, 0.3) is 0 Å². The SMILES string of the molecule is CCCCC1=CC(CC(C)CC2C=C(CCCC)c3ccccc32)c2ccccc21. The first-order valence-corrected chi connectivity index (χ1v) is 12.3. The van der Waals surface area contributed by atoms with Crippen molar-refractivity contribution < 1.29 is 0 Å². The fraction of sp³-hybridized carbons (Fsp3) is 0.467. The van der Waals surface area contributed by atoms with Crippen LogP contribution in [0.5, 0.6) is 0 Å². The Morgan fingerprint density at radius 3 is 1.53 bits per heavy atom. The smallest absolute Gasteiger partial charge is 0.00325 e. The number of fused-ring (bicyclic) bond motifs is 2. The van der Waals surface area contributed by atoms with E-state index in [2.05, 4.69) is 81.5 Å². The van der Waals surface area contributed by atoms with E-state index in [0.717, 1.165) is 0 Å². The average Bonchev–Trinajstić information content (AvgIpc) is 3.29. The third-order valence-corrected chi connectivity index (χ3v) is 7.13. The van der Waals surface area contributed by atoms with Crippen LogP contribution in [0.3, 0.4) is 0 Å². The Morgan fingerprint density at radius 2 is 1.10 bits per heavy atom. The molecule has 0 saturated heterocycles. The molecule has 0 bridgehead atoms. The fourth-order valence-corrected chi connectivity index (χ4v) is 5.59. The van der Waals surface area contributed by atoms with Gasteiger partial charge in [0.15, 0.2) is 0 Å². The third-order valence-electron chi connectivity index (χ3n) is 7.13. The molecule has 0 aromatic heterocycles. The summed E-state index contributed by atoms with van der Waals surface area (Å²) in [6.07, 6.45) is 15.3. The van der Waals surface area contributed by atoms with E-state index >= 15 is 0 Å². The van der Waals surface area contributed by atoms with Crippen LogP contribution in [0, 0.1) is 5.92 Å². The second-order valence-corrected chi connectivity index (χ2v) is 9.55. The summed E-state index contributed by atoms with van der Waals surface area (Å²) in [7, 11) is 0. The maximum Gasteiger partial charge on any atom is 0.00325 e. The predicted molar refractivity (Wildman–Crippen MR) is 132 cm³/mol. The summed E-state index contributed by atoms with van der Waals surface area (Å²) >= 11 is 0. The lowest BCUT2D eigenvalue weighted by molar-refractivity contribution is 0.454. The van der Waals surface area contributed by atoms with Gasteiger partial charge in [-0.15, -0.1) is 0 Å². The molecule has 2 unspecified atom stereocenters. The van der Waals surface area contributed by atoms with Crippen molar-refractivity contribution >= 4 is 11.1 Å². The highest BCUT2D eigenvalue weighted by atomic mass is 14.3. The number of benzene rings is 2. The van der Waals surface area contributed by atoms with Gasteiger partial charge in [-0.05, 0) is 77.8 Å². The Labute approximate surface area is 184 Å². The van der Waals surface area contributed by atoms with Crippen LogP contribution in [-0.2, 0) is 0 Å². The van der Waals surface area contributed by atoms with E-state index in [-0.39, 0.29) is 0 Å². The summed E-state index contributed by atoms with van der Waals surface area (Å²) in [4.78, 5) is 0. The summed E-state index contributed by atoms with van der Waals surface area (Å²) in [5.41, 5.74) is 9.38. The molecule has 2 atom stereocenters. The molecule has 2 aromatic rings. The molecule has 0 heterocycles. The predicted octanol–water partition coefficient (Wildman–Crippen LogP) is 9.14. The van der Waals surface area contributed by atoms with Gasteiger partial charge in [-0.25, -0.2) is 0 Å². The maximum atomic E-state index is 2.60. The molecule has 158 valence electrons. The summed E-state index contributed by atoms with van der Waals surface area (Å²) in [5.74, 6) is 1.91. The van der Waals surface area contributed by atoms with Crippen molar-refractivity contribution in [2.24, 2.45) is 5.92 Å². The normalized spacial score (nSPS) is 20.5. The van der Waals surface area contributed by atoms with E-state index in [4.69, 9.17) is 0 Å². The molecule has 2 aliphatic rings. The van der Waals surface area contributed by atoms with Gasteiger partial charge in [-0.2, -0.15) is 0 Å². The quantitative estimate of drug-likeness (QED) is 0.374. The van der Waals surface area contributed by atoms with E-state index in [1.807, 2.05) is 0 Å². The topological polar surface area (TPSA) is 0 Å². The van der Waals surface area contributed by atoms with E-state index in [9.17, 15) is 0 Å². The Balaban J connectivity index is 1.47. The largest absolute Gasteiger partial charge is 0.0732 e. The van der Waals surface area contributed by atoms with Crippen LogP contribution in [0.1, 0.15) is 106 Å². The van der Waals surface area contributed by atoms with Gasteiger partial charge in [0.1, 0.15) is 0 Å². The second-order valence-electron chi connectivity index (χ2n) is 9.55. The Hall–Kier alpha value is -2.08. The second kappa shape index (κ2) is 9.82. The van der Waals surface area contributed by atoms with Crippen molar-refractivity contribution in [1.82, 2.24) is 0 Å². The van der Waals surface area contributed by atoms with Gasteiger partial charge in [-0.1, -0.05) is 94.3 Å². The Kier molecular flexibility index (Phi) is 6.93. The number of rotatable bonds is 10. The highest BCUT2D eigenvalue weighted by Gasteiger charge is 2.27. The van der Waals surface area contributed by atoms with Gasteiger partial charge >= 0.3 is 0 Å². The van der Waals surface area contributed by atoms with Gasteiger partial charge in [0.2, 0.25) is 0 Å². The van der Waals surface area contributed by atoms with Crippen LogP contribution in [0.4, 0.5) is 0 Å². The zero-order chi connectivity index (χ0) is 20.9. The van der Waals surface area contributed by atoms with Crippen molar-refractivity contribution in [3.05, 3.63) is 82.9 Å². The van der Waals surface area contributed by atoms with Crippen LogP contribution in [-0.4, -0.2) is 0 Å². The van der Waals surface area contributed by atoms with Crippen molar-refractivity contribution in [3.63, 3.8) is 0 Å². The minimum Gasteiger partial charge on any atom is -0.0732 e. The fourth-order valence-electron chi connectivity index (χ4n) is 5.59. The number of allylic oxidation sites excluding steroid dienone is 4. The number of unbranched alkanes of at least 4 members (excludes halogenated alkanes) is 2. The molecule has 0 N–H and O–H groups in total. The Morgan fingerprint density at radius 1 is 0.667 bits per heavy atom. The first-order valence-electron chi connectivity index (χ1n) is 12.3. The molecular weight excluding hydrogens is 360 g/mol. The third kappa shape index (κ3) is 4.48. The highest BCUT2D eigenvalue weighted by molar-refractivity contribution is 5.75. The lowest BCUT2D eigenvalue weighted by Crippen LogP contribution is -2.06.